The summed E-state index contributed by atoms with van der Waals surface area (Å²) in [6, 6.07) is 9.27. The third-order valence-corrected chi connectivity index (χ3v) is 6.32. The summed E-state index contributed by atoms with van der Waals surface area (Å²) in [7, 11) is 0. The standard InChI is InChI=1S/C19H21ClN2O2S/c20-15-7-18(9-21-8-15)24-17-5-13-10-22(11-14(13)6-17)12-25-19-3-1-16(23)2-4-19/h1-4,7-9,13-14,17,23H,5-6,10-12H2/t13-,14+,17?. The van der Waals surface area contributed by atoms with E-state index < -0.39 is 0 Å². The van der Waals surface area contributed by atoms with Crippen molar-refractivity contribution in [3.05, 3.63) is 47.7 Å². The number of likely N-dealkylation sites (tertiary alicyclic amines) is 1. The number of halogens is 1. The summed E-state index contributed by atoms with van der Waals surface area (Å²) in [5.74, 6) is 3.54. The molecule has 0 radical (unpaired) electrons. The Morgan fingerprint density at radius 1 is 1.16 bits per heavy atom. The lowest BCUT2D eigenvalue weighted by molar-refractivity contribution is 0.189. The van der Waals surface area contributed by atoms with Crippen LogP contribution in [0.25, 0.3) is 0 Å². The second-order valence-corrected chi connectivity index (χ2v) is 8.33. The minimum Gasteiger partial charge on any atom is -0.508 e. The Morgan fingerprint density at radius 3 is 2.56 bits per heavy atom. The molecule has 0 amide bonds. The molecule has 2 aromatic rings. The highest BCUT2D eigenvalue weighted by Gasteiger charge is 2.41. The van der Waals surface area contributed by atoms with Crippen molar-refractivity contribution in [3.8, 4) is 11.5 Å². The van der Waals surface area contributed by atoms with Crippen LogP contribution in [-0.2, 0) is 0 Å². The highest BCUT2D eigenvalue weighted by Crippen LogP contribution is 2.40. The first-order chi connectivity index (χ1) is 12.2. The molecule has 0 spiro atoms. The van der Waals surface area contributed by atoms with Crippen LogP contribution in [0.2, 0.25) is 5.02 Å². The number of hydrogen-bond acceptors (Lipinski definition) is 5. The molecule has 2 aliphatic rings. The summed E-state index contributed by atoms with van der Waals surface area (Å²) < 4.78 is 6.07. The number of nitrogens with zero attached hydrogens (tertiary/aromatic N) is 2. The van der Waals surface area contributed by atoms with Crippen molar-refractivity contribution in [2.75, 3.05) is 19.0 Å². The molecule has 1 N–H and O–H groups in total. The monoisotopic (exact) mass is 376 g/mol. The number of aromatic nitrogens is 1. The number of fused-ring (bicyclic) bond motifs is 1. The number of thioether (sulfide) groups is 1. The van der Waals surface area contributed by atoms with Gasteiger partial charge < -0.3 is 9.84 Å². The quantitative estimate of drug-likeness (QED) is 0.789. The van der Waals surface area contributed by atoms with E-state index in [2.05, 4.69) is 9.88 Å². The molecule has 1 aromatic carbocycles. The Hall–Kier alpha value is -1.43. The molecule has 6 heteroatoms. The second kappa shape index (κ2) is 7.44. The topological polar surface area (TPSA) is 45.6 Å². The summed E-state index contributed by atoms with van der Waals surface area (Å²) in [5.41, 5.74) is 0. The highest BCUT2D eigenvalue weighted by atomic mass is 35.5. The van der Waals surface area contributed by atoms with Crippen LogP contribution in [0, 0.1) is 11.8 Å². The molecule has 3 atom stereocenters. The van der Waals surface area contributed by atoms with Gasteiger partial charge in [0.2, 0.25) is 0 Å². The van der Waals surface area contributed by atoms with E-state index in [-0.39, 0.29) is 6.10 Å². The molecule has 1 saturated heterocycles. The fourth-order valence-corrected chi connectivity index (χ4v) is 4.94. The van der Waals surface area contributed by atoms with Gasteiger partial charge in [0.25, 0.3) is 0 Å². The minimum atomic E-state index is 0.280. The fourth-order valence-electron chi connectivity index (χ4n) is 3.90. The van der Waals surface area contributed by atoms with Crippen LogP contribution in [0.4, 0.5) is 0 Å². The van der Waals surface area contributed by atoms with Gasteiger partial charge in [0.1, 0.15) is 11.5 Å². The van der Waals surface area contributed by atoms with Gasteiger partial charge in [-0.25, -0.2) is 0 Å². The fraction of sp³-hybridized carbons (Fsp3) is 0.421. The summed E-state index contributed by atoms with van der Waals surface area (Å²) in [4.78, 5) is 7.82. The van der Waals surface area contributed by atoms with E-state index in [0.717, 1.165) is 49.4 Å². The van der Waals surface area contributed by atoms with Gasteiger partial charge in [-0.05, 0) is 48.9 Å². The van der Waals surface area contributed by atoms with Crippen LogP contribution < -0.4 is 4.74 Å². The molecule has 1 aromatic heterocycles. The third-order valence-electron chi connectivity index (χ3n) is 5.02. The predicted octanol–water partition coefficient (Wildman–Crippen LogP) is 4.28. The van der Waals surface area contributed by atoms with Crippen LogP contribution in [0.15, 0.2) is 47.6 Å². The number of aromatic hydroxyl groups is 1. The maximum absolute atomic E-state index is 9.35. The van der Waals surface area contributed by atoms with E-state index >= 15 is 0 Å². The Morgan fingerprint density at radius 2 is 1.88 bits per heavy atom. The van der Waals surface area contributed by atoms with Crippen LogP contribution in [-0.4, -0.2) is 40.1 Å². The van der Waals surface area contributed by atoms with Gasteiger partial charge in [-0.3, -0.25) is 9.88 Å². The number of phenolic OH excluding ortho intramolecular Hbond substituents is 1. The number of benzene rings is 1. The van der Waals surface area contributed by atoms with E-state index in [1.165, 1.54) is 4.90 Å². The lowest BCUT2D eigenvalue weighted by atomic mass is 10.0. The van der Waals surface area contributed by atoms with Crippen LogP contribution in [0.1, 0.15) is 12.8 Å². The maximum atomic E-state index is 9.35. The average Bonchev–Trinajstić information content (AvgIpc) is 3.12. The van der Waals surface area contributed by atoms with Gasteiger partial charge in [-0.15, -0.1) is 11.8 Å². The molecule has 4 rings (SSSR count). The number of pyridine rings is 1. The molecule has 2 heterocycles. The molecule has 1 unspecified atom stereocenters. The minimum absolute atomic E-state index is 0.280. The summed E-state index contributed by atoms with van der Waals surface area (Å²) in [6.07, 6.45) is 5.86. The van der Waals surface area contributed by atoms with Gasteiger partial charge >= 0.3 is 0 Å². The van der Waals surface area contributed by atoms with Crippen molar-refractivity contribution in [3.63, 3.8) is 0 Å². The van der Waals surface area contributed by atoms with Crippen molar-refractivity contribution in [1.29, 1.82) is 0 Å². The molecule has 132 valence electrons. The Kier molecular flexibility index (Phi) is 5.06. The maximum Gasteiger partial charge on any atom is 0.139 e. The number of rotatable bonds is 5. The van der Waals surface area contributed by atoms with Gasteiger partial charge in [-0.2, -0.15) is 0 Å². The normalized spacial score (nSPS) is 25.9. The second-order valence-electron chi connectivity index (χ2n) is 6.87. The van der Waals surface area contributed by atoms with Gasteiger partial charge in [0, 0.05) is 36.1 Å². The SMILES string of the molecule is Oc1ccc(SCN2C[C@H]3CC(Oc4cncc(Cl)c4)C[C@H]3C2)cc1. The Labute approximate surface area is 157 Å². The molecule has 25 heavy (non-hydrogen) atoms. The Bertz CT molecular complexity index is 714. The van der Waals surface area contributed by atoms with Gasteiger partial charge in [-0.1, -0.05) is 11.6 Å². The number of ether oxygens (including phenoxy) is 1. The lowest BCUT2D eigenvalue weighted by Gasteiger charge is -2.19. The lowest BCUT2D eigenvalue weighted by Crippen LogP contribution is -2.24. The van der Waals surface area contributed by atoms with Crippen LogP contribution >= 0.6 is 23.4 Å². The molecule has 1 saturated carbocycles. The Balaban J connectivity index is 1.25. The van der Waals surface area contributed by atoms with Gasteiger partial charge in [0.15, 0.2) is 0 Å². The van der Waals surface area contributed by atoms with E-state index in [1.54, 1.807) is 24.5 Å². The zero-order valence-electron chi connectivity index (χ0n) is 13.8. The molecule has 0 bridgehead atoms. The highest BCUT2D eigenvalue weighted by molar-refractivity contribution is 7.99. The average molecular weight is 377 g/mol. The first kappa shape index (κ1) is 17.0. The first-order valence-electron chi connectivity index (χ1n) is 8.57. The van der Waals surface area contributed by atoms with Crippen LogP contribution in [0.3, 0.4) is 0 Å². The summed E-state index contributed by atoms with van der Waals surface area (Å²) in [6.45, 7) is 2.28. The van der Waals surface area contributed by atoms with Crippen molar-refractivity contribution < 1.29 is 9.84 Å². The summed E-state index contributed by atoms with van der Waals surface area (Å²) in [5, 5.41) is 9.97. The van der Waals surface area contributed by atoms with E-state index in [1.807, 2.05) is 30.0 Å². The first-order valence-corrected chi connectivity index (χ1v) is 9.93. The smallest absolute Gasteiger partial charge is 0.139 e. The van der Waals surface area contributed by atoms with Crippen molar-refractivity contribution in [2.24, 2.45) is 11.8 Å². The third kappa shape index (κ3) is 4.22. The van der Waals surface area contributed by atoms with Gasteiger partial charge in [0.05, 0.1) is 17.3 Å². The summed E-state index contributed by atoms with van der Waals surface area (Å²) >= 11 is 7.80. The molecule has 2 fully saturated rings. The largest absolute Gasteiger partial charge is 0.508 e. The van der Waals surface area contributed by atoms with E-state index in [4.69, 9.17) is 16.3 Å². The van der Waals surface area contributed by atoms with Crippen molar-refractivity contribution in [1.82, 2.24) is 9.88 Å². The van der Waals surface area contributed by atoms with E-state index in [0.29, 0.717) is 10.8 Å². The zero-order valence-corrected chi connectivity index (χ0v) is 15.4. The van der Waals surface area contributed by atoms with Crippen molar-refractivity contribution >= 4 is 23.4 Å². The van der Waals surface area contributed by atoms with Crippen LogP contribution in [0.5, 0.6) is 11.5 Å². The van der Waals surface area contributed by atoms with Crippen molar-refractivity contribution in [2.45, 2.75) is 23.8 Å². The molecule has 1 aliphatic heterocycles. The van der Waals surface area contributed by atoms with E-state index in [9.17, 15) is 5.11 Å². The number of hydrogen-bond donors (Lipinski definition) is 1. The molecular weight excluding hydrogens is 356 g/mol. The molecular formula is C19H21ClN2O2S. The number of phenols is 1. The predicted molar refractivity (Wildman–Crippen MR) is 100 cm³/mol. The zero-order chi connectivity index (χ0) is 17.2. The molecule has 1 aliphatic carbocycles. The molecule has 4 nitrogen and oxygen atoms in total.